The highest BCUT2D eigenvalue weighted by Gasteiger charge is 2.31. The Bertz CT molecular complexity index is 751. The Morgan fingerprint density at radius 2 is 1.96 bits per heavy atom. The second kappa shape index (κ2) is 6.41. The van der Waals surface area contributed by atoms with E-state index in [0.29, 0.717) is 0 Å². The van der Waals surface area contributed by atoms with Gasteiger partial charge in [-0.1, -0.05) is 11.6 Å². The van der Waals surface area contributed by atoms with Gasteiger partial charge in [-0.2, -0.15) is 13.2 Å². The number of aromatic nitrogens is 2. The number of esters is 1. The fraction of sp³-hybridized carbons (Fsp3) is 0.214. The van der Waals surface area contributed by atoms with Crippen LogP contribution in [0.3, 0.4) is 0 Å². The van der Waals surface area contributed by atoms with Gasteiger partial charge in [0.15, 0.2) is 11.5 Å². The van der Waals surface area contributed by atoms with Crippen molar-refractivity contribution in [2.75, 3.05) is 14.2 Å². The SMILES string of the molecule is COC(=O)c1nc(-c2ccc(C(F)(F)F)cc2OC)ncc1Cl. The highest BCUT2D eigenvalue weighted by atomic mass is 35.5. The quantitative estimate of drug-likeness (QED) is 0.794. The number of rotatable bonds is 3. The lowest BCUT2D eigenvalue weighted by molar-refractivity contribution is -0.137. The molecule has 1 heterocycles. The Kier molecular flexibility index (Phi) is 4.74. The first-order valence-corrected chi connectivity index (χ1v) is 6.52. The van der Waals surface area contributed by atoms with Gasteiger partial charge >= 0.3 is 12.1 Å². The van der Waals surface area contributed by atoms with E-state index in [1.165, 1.54) is 7.11 Å². The van der Waals surface area contributed by atoms with E-state index >= 15 is 0 Å². The van der Waals surface area contributed by atoms with Crippen LogP contribution in [0.4, 0.5) is 13.2 Å². The number of methoxy groups -OCH3 is 2. The highest BCUT2D eigenvalue weighted by molar-refractivity contribution is 6.33. The Morgan fingerprint density at radius 3 is 2.52 bits per heavy atom. The van der Waals surface area contributed by atoms with Gasteiger partial charge in [-0.3, -0.25) is 0 Å². The van der Waals surface area contributed by atoms with Gasteiger partial charge in [0.1, 0.15) is 5.75 Å². The van der Waals surface area contributed by atoms with E-state index < -0.39 is 17.7 Å². The summed E-state index contributed by atoms with van der Waals surface area (Å²) in [7, 11) is 2.37. The minimum Gasteiger partial charge on any atom is -0.496 e. The summed E-state index contributed by atoms with van der Waals surface area (Å²) in [5.41, 5.74) is -0.885. The molecule has 1 aromatic heterocycles. The van der Waals surface area contributed by atoms with Gasteiger partial charge in [-0.05, 0) is 18.2 Å². The smallest absolute Gasteiger partial charge is 0.416 e. The molecular weight excluding hydrogens is 337 g/mol. The van der Waals surface area contributed by atoms with Crippen molar-refractivity contribution < 1.29 is 27.4 Å². The van der Waals surface area contributed by atoms with E-state index in [1.54, 1.807) is 0 Å². The Balaban J connectivity index is 2.56. The third kappa shape index (κ3) is 3.53. The molecule has 9 heteroatoms. The van der Waals surface area contributed by atoms with E-state index in [4.69, 9.17) is 16.3 Å². The standard InChI is InChI=1S/C14H10ClF3N2O3/c1-22-10-5-7(14(16,17)18)3-4-8(10)12-19-6-9(15)11(20-12)13(21)23-2/h3-6H,1-2H3. The number of ether oxygens (including phenoxy) is 2. The highest BCUT2D eigenvalue weighted by Crippen LogP contribution is 2.36. The Morgan fingerprint density at radius 1 is 1.26 bits per heavy atom. The number of benzene rings is 1. The zero-order valence-electron chi connectivity index (χ0n) is 11.9. The van der Waals surface area contributed by atoms with Gasteiger partial charge in [-0.25, -0.2) is 14.8 Å². The van der Waals surface area contributed by atoms with Crippen molar-refractivity contribution in [3.05, 3.63) is 40.7 Å². The molecule has 0 saturated heterocycles. The number of halogens is 4. The molecular formula is C14H10ClF3N2O3. The minimum absolute atomic E-state index is 0.0135. The molecule has 2 aromatic rings. The van der Waals surface area contributed by atoms with E-state index in [0.717, 1.165) is 31.5 Å². The van der Waals surface area contributed by atoms with Crippen LogP contribution in [0.1, 0.15) is 16.1 Å². The molecule has 0 fully saturated rings. The summed E-state index contributed by atoms with van der Waals surface area (Å²) in [5, 5.41) is -0.0357. The first-order valence-electron chi connectivity index (χ1n) is 6.14. The molecule has 0 atom stereocenters. The second-order valence-corrected chi connectivity index (χ2v) is 4.70. The van der Waals surface area contributed by atoms with Crippen LogP contribution < -0.4 is 4.74 Å². The number of alkyl halides is 3. The Hall–Kier alpha value is -2.35. The van der Waals surface area contributed by atoms with Crippen LogP contribution in [-0.4, -0.2) is 30.2 Å². The van der Waals surface area contributed by atoms with Gasteiger partial charge < -0.3 is 9.47 Å². The van der Waals surface area contributed by atoms with Crippen LogP contribution in [-0.2, 0) is 10.9 Å². The lowest BCUT2D eigenvalue weighted by Gasteiger charge is -2.12. The zero-order valence-corrected chi connectivity index (χ0v) is 12.7. The fourth-order valence-electron chi connectivity index (χ4n) is 1.79. The number of nitrogens with zero attached hydrogens (tertiary/aromatic N) is 2. The summed E-state index contributed by atoms with van der Waals surface area (Å²) in [6, 6.07) is 2.85. The maximum atomic E-state index is 12.7. The van der Waals surface area contributed by atoms with Crippen molar-refractivity contribution >= 4 is 17.6 Å². The predicted molar refractivity (Wildman–Crippen MR) is 75.4 cm³/mol. The van der Waals surface area contributed by atoms with Crippen molar-refractivity contribution in [3.8, 4) is 17.1 Å². The van der Waals surface area contributed by atoms with E-state index in [9.17, 15) is 18.0 Å². The van der Waals surface area contributed by atoms with Crippen molar-refractivity contribution in [3.63, 3.8) is 0 Å². The summed E-state index contributed by atoms with van der Waals surface area (Å²) < 4.78 is 47.7. The summed E-state index contributed by atoms with van der Waals surface area (Å²) in [5.74, 6) is -0.886. The molecule has 0 spiro atoms. The molecule has 0 aliphatic carbocycles. The van der Waals surface area contributed by atoms with E-state index in [-0.39, 0.29) is 27.9 Å². The van der Waals surface area contributed by atoms with E-state index in [1.807, 2.05) is 0 Å². The molecule has 0 saturated carbocycles. The number of carbonyl (C=O) groups excluding carboxylic acids is 1. The van der Waals surface area contributed by atoms with Crippen LogP contribution in [0.15, 0.2) is 24.4 Å². The number of hydrogen-bond acceptors (Lipinski definition) is 5. The van der Waals surface area contributed by atoms with Gasteiger partial charge in [0, 0.05) is 0 Å². The molecule has 1 aromatic carbocycles. The number of carbonyl (C=O) groups is 1. The normalized spacial score (nSPS) is 11.2. The lowest BCUT2D eigenvalue weighted by atomic mass is 10.1. The fourth-order valence-corrected chi connectivity index (χ4v) is 1.96. The summed E-state index contributed by atoms with van der Waals surface area (Å²) in [4.78, 5) is 19.4. The van der Waals surface area contributed by atoms with Crippen molar-refractivity contribution in [2.24, 2.45) is 0 Å². The molecule has 2 rings (SSSR count). The molecule has 0 bridgehead atoms. The summed E-state index contributed by atoms with van der Waals surface area (Å²) >= 11 is 5.81. The lowest BCUT2D eigenvalue weighted by Crippen LogP contribution is -2.08. The van der Waals surface area contributed by atoms with Gasteiger partial charge in [0.05, 0.1) is 36.6 Å². The maximum absolute atomic E-state index is 12.7. The molecule has 5 nitrogen and oxygen atoms in total. The second-order valence-electron chi connectivity index (χ2n) is 4.29. The topological polar surface area (TPSA) is 61.3 Å². The maximum Gasteiger partial charge on any atom is 0.416 e. The Labute approximate surface area is 134 Å². The first kappa shape index (κ1) is 17.0. The summed E-state index contributed by atoms with van der Waals surface area (Å²) in [6.07, 6.45) is -3.35. The molecule has 23 heavy (non-hydrogen) atoms. The summed E-state index contributed by atoms with van der Waals surface area (Å²) in [6.45, 7) is 0. The average Bonchev–Trinajstić information content (AvgIpc) is 2.53. The van der Waals surface area contributed by atoms with Crippen molar-refractivity contribution in [1.82, 2.24) is 9.97 Å². The van der Waals surface area contributed by atoms with Gasteiger partial charge in [0.25, 0.3) is 0 Å². The zero-order chi connectivity index (χ0) is 17.2. The minimum atomic E-state index is -4.51. The largest absolute Gasteiger partial charge is 0.496 e. The molecule has 0 aliphatic rings. The van der Waals surface area contributed by atoms with Crippen LogP contribution >= 0.6 is 11.6 Å². The monoisotopic (exact) mass is 346 g/mol. The molecule has 0 amide bonds. The number of hydrogen-bond donors (Lipinski definition) is 0. The van der Waals surface area contributed by atoms with Gasteiger partial charge in [0.2, 0.25) is 0 Å². The first-order chi connectivity index (χ1) is 10.8. The van der Waals surface area contributed by atoms with Gasteiger partial charge in [-0.15, -0.1) is 0 Å². The third-order valence-electron chi connectivity index (χ3n) is 2.89. The van der Waals surface area contributed by atoms with E-state index in [2.05, 4.69) is 14.7 Å². The van der Waals surface area contributed by atoms with Crippen LogP contribution in [0.2, 0.25) is 5.02 Å². The molecule has 0 radical (unpaired) electrons. The van der Waals surface area contributed by atoms with Crippen LogP contribution in [0, 0.1) is 0 Å². The van der Waals surface area contributed by atoms with Crippen LogP contribution in [0.25, 0.3) is 11.4 Å². The van der Waals surface area contributed by atoms with Crippen molar-refractivity contribution in [2.45, 2.75) is 6.18 Å². The van der Waals surface area contributed by atoms with Crippen molar-refractivity contribution in [1.29, 1.82) is 0 Å². The predicted octanol–water partition coefficient (Wildman–Crippen LogP) is 3.61. The molecule has 0 N–H and O–H groups in total. The average molecular weight is 347 g/mol. The molecule has 0 aliphatic heterocycles. The molecule has 122 valence electrons. The van der Waals surface area contributed by atoms with Crippen LogP contribution in [0.5, 0.6) is 5.75 Å². The third-order valence-corrected chi connectivity index (χ3v) is 3.17. The molecule has 0 unspecified atom stereocenters.